The van der Waals surface area contributed by atoms with Crippen molar-refractivity contribution in [1.82, 2.24) is 4.31 Å². The number of primary amides is 1. The van der Waals surface area contributed by atoms with Crippen molar-refractivity contribution in [3.63, 3.8) is 0 Å². The molecule has 1 amide bonds. The van der Waals surface area contributed by atoms with Crippen LogP contribution < -0.4 is 16.4 Å². The number of nitrogens with one attached hydrogen (secondary N) is 3. The van der Waals surface area contributed by atoms with E-state index in [1.807, 2.05) is 4.31 Å². The molecule has 1 saturated heterocycles. The van der Waals surface area contributed by atoms with Crippen LogP contribution in [-0.2, 0) is 11.4 Å². The lowest BCUT2D eigenvalue weighted by Crippen LogP contribution is -2.43. The molecule has 0 aromatic heterocycles. The fourth-order valence-electron chi connectivity index (χ4n) is 3.51. The highest BCUT2D eigenvalue weighted by atomic mass is 32.2. The first-order valence-corrected chi connectivity index (χ1v) is 9.78. The highest BCUT2D eigenvalue weighted by Crippen LogP contribution is 2.43. The van der Waals surface area contributed by atoms with E-state index in [1.165, 1.54) is 12.3 Å². The lowest BCUT2D eigenvalue weighted by molar-refractivity contribution is 0.100. The zero-order valence-corrected chi connectivity index (χ0v) is 15.5. The van der Waals surface area contributed by atoms with Crippen LogP contribution in [0.2, 0.25) is 0 Å². The maximum absolute atomic E-state index is 13.8. The van der Waals surface area contributed by atoms with Crippen molar-refractivity contribution in [3.05, 3.63) is 34.9 Å². The number of hydrogen-bond acceptors (Lipinski definition) is 6. The Bertz CT molecular complexity index is 788. The van der Waals surface area contributed by atoms with E-state index < -0.39 is 23.1 Å². The van der Waals surface area contributed by atoms with Crippen LogP contribution in [0.3, 0.4) is 0 Å². The molecule has 0 bridgehead atoms. The van der Waals surface area contributed by atoms with Gasteiger partial charge in [-0.3, -0.25) is 4.79 Å². The van der Waals surface area contributed by atoms with E-state index >= 15 is 0 Å². The molecule has 1 aromatic carbocycles. The second-order valence-electron chi connectivity index (χ2n) is 6.84. The summed E-state index contributed by atoms with van der Waals surface area (Å²) in [7, 11) is 0. The first-order valence-electron chi connectivity index (χ1n) is 8.26. The number of fused-ring (bicyclic) bond motifs is 1. The van der Waals surface area contributed by atoms with E-state index in [0.717, 1.165) is 24.5 Å². The van der Waals surface area contributed by atoms with Crippen LogP contribution in [0.5, 0.6) is 0 Å². The molecule has 9 heteroatoms. The minimum absolute atomic E-state index is 0.0631. The van der Waals surface area contributed by atoms with Crippen LogP contribution in [0.1, 0.15) is 30.1 Å². The summed E-state index contributed by atoms with van der Waals surface area (Å²) in [6.45, 7) is 3.38. The van der Waals surface area contributed by atoms with Crippen LogP contribution in [0, 0.1) is 16.6 Å². The van der Waals surface area contributed by atoms with Crippen LogP contribution in [0.4, 0.5) is 15.8 Å². The van der Waals surface area contributed by atoms with E-state index in [0.29, 0.717) is 30.3 Å². The standard InChI is InChI=1S/C17H22FN5O2S/c1-17(3-5-23(6-4-17)26(2)25)12(9-19)16-21-13-8-10(18)7-11(15(20)24)14(13)22-16/h7-9,19,21-22H,3-6H2,1-2H3,(H2,20,24)/b16-12+,19-9?. The van der Waals surface area contributed by atoms with Crippen LogP contribution in [0.15, 0.2) is 23.5 Å². The van der Waals surface area contributed by atoms with E-state index in [9.17, 15) is 13.7 Å². The van der Waals surface area contributed by atoms with Crippen molar-refractivity contribution in [3.8, 4) is 0 Å². The number of carbonyl (C=O) groups excluding carboxylic acids is 1. The normalized spacial score (nSPS) is 22.0. The third kappa shape index (κ3) is 3.29. The zero-order valence-electron chi connectivity index (χ0n) is 14.7. The predicted molar refractivity (Wildman–Crippen MR) is 101 cm³/mol. The number of nitrogens with zero attached hydrogens (tertiary/aromatic N) is 1. The Hall–Kier alpha value is -2.10. The number of anilines is 2. The van der Waals surface area contributed by atoms with E-state index in [2.05, 4.69) is 17.6 Å². The van der Waals surface area contributed by atoms with Gasteiger partial charge in [-0.05, 0) is 25.0 Å². The monoisotopic (exact) mass is 379 g/mol. The minimum atomic E-state index is -1.01. The summed E-state index contributed by atoms with van der Waals surface area (Å²) in [5.74, 6) is -0.733. The summed E-state index contributed by atoms with van der Waals surface area (Å²) < 4.78 is 27.3. The SMILES string of the molecule is C[S+]([O-])N1CCC(C)(/C(C=N)=C2\Nc3cc(F)cc(C(N)=O)c3N2)CC1. The summed E-state index contributed by atoms with van der Waals surface area (Å²) in [6.07, 6.45) is 4.41. The second kappa shape index (κ2) is 6.90. The van der Waals surface area contributed by atoms with Crippen LogP contribution >= 0.6 is 0 Å². The fraction of sp³-hybridized carbons (Fsp3) is 0.412. The van der Waals surface area contributed by atoms with E-state index in [-0.39, 0.29) is 11.0 Å². The topological polar surface area (TPSA) is 117 Å². The van der Waals surface area contributed by atoms with Gasteiger partial charge in [0.1, 0.15) is 17.9 Å². The summed E-state index contributed by atoms with van der Waals surface area (Å²) in [4.78, 5) is 11.6. The number of halogens is 1. The molecule has 5 N–H and O–H groups in total. The van der Waals surface area contributed by atoms with E-state index in [1.54, 1.807) is 6.26 Å². The molecular formula is C17H22FN5O2S. The maximum atomic E-state index is 13.8. The maximum Gasteiger partial charge on any atom is 0.250 e. The van der Waals surface area contributed by atoms with Crippen molar-refractivity contribution in [2.45, 2.75) is 19.8 Å². The zero-order chi connectivity index (χ0) is 19.1. The molecule has 3 rings (SSSR count). The number of benzene rings is 1. The molecule has 0 spiro atoms. The summed E-state index contributed by atoms with van der Waals surface area (Å²) in [5, 5.41) is 14.1. The molecule has 1 fully saturated rings. The van der Waals surface area contributed by atoms with Gasteiger partial charge in [0.25, 0.3) is 5.91 Å². The molecule has 140 valence electrons. The number of nitrogens with two attached hydrogens (primary N) is 1. The van der Waals surface area contributed by atoms with Gasteiger partial charge in [-0.25, -0.2) is 4.39 Å². The van der Waals surface area contributed by atoms with Gasteiger partial charge < -0.3 is 26.3 Å². The molecule has 0 aliphatic carbocycles. The molecule has 0 saturated carbocycles. The van der Waals surface area contributed by atoms with Crippen molar-refractivity contribution >= 4 is 34.9 Å². The molecule has 2 heterocycles. The molecule has 0 radical (unpaired) electrons. The largest absolute Gasteiger partial charge is 0.598 e. The van der Waals surface area contributed by atoms with Crippen molar-refractivity contribution in [1.29, 1.82) is 5.41 Å². The second-order valence-corrected chi connectivity index (χ2v) is 8.20. The molecule has 2 aliphatic heterocycles. The smallest absolute Gasteiger partial charge is 0.250 e. The lowest BCUT2D eigenvalue weighted by Gasteiger charge is -2.39. The van der Waals surface area contributed by atoms with Crippen LogP contribution in [0.25, 0.3) is 0 Å². The molecule has 1 unspecified atom stereocenters. The number of allylic oxidation sites excluding steroid dienone is 1. The lowest BCUT2D eigenvalue weighted by atomic mass is 9.74. The Morgan fingerprint density at radius 3 is 2.62 bits per heavy atom. The van der Waals surface area contributed by atoms with Crippen molar-refractivity contribution in [2.75, 3.05) is 30.0 Å². The van der Waals surface area contributed by atoms with Gasteiger partial charge in [0.05, 0.1) is 16.9 Å². The highest BCUT2D eigenvalue weighted by Gasteiger charge is 2.38. The quantitative estimate of drug-likeness (QED) is 0.472. The molecule has 26 heavy (non-hydrogen) atoms. The summed E-state index contributed by atoms with van der Waals surface area (Å²) >= 11 is -1.01. The fourth-order valence-corrected chi connectivity index (χ4v) is 4.21. The molecule has 7 nitrogen and oxygen atoms in total. The first kappa shape index (κ1) is 18.7. The van der Waals surface area contributed by atoms with Gasteiger partial charge >= 0.3 is 0 Å². The highest BCUT2D eigenvalue weighted by molar-refractivity contribution is 7.88. The van der Waals surface area contributed by atoms with Gasteiger partial charge in [-0.15, -0.1) is 4.31 Å². The number of hydrogen-bond donors (Lipinski definition) is 4. The molecular weight excluding hydrogens is 357 g/mol. The predicted octanol–water partition coefficient (Wildman–Crippen LogP) is 2.02. The van der Waals surface area contributed by atoms with Gasteiger partial charge in [0.15, 0.2) is 0 Å². The minimum Gasteiger partial charge on any atom is -0.598 e. The van der Waals surface area contributed by atoms with Crippen molar-refractivity contribution < 1.29 is 13.7 Å². The summed E-state index contributed by atoms with van der Waals surface area (Å²) in [6, 6.07) is 2.38. The Kier molecular flexibility index (Phi) is 4.96. The first-order chi connectivity index (χ1) is 12.2. The number of carbonyl (C=O) groups is 1. The number of rotatable bonds is 4. The Labute approximate surface area is 154 Å². The van der Waals surface area contributed by atoms with Gasteiger partial charge in [0, 0.05) is 41.7 Å². The van der Waals surface area contributed by atoms with Crippen molar-refractivity contribution in [2.24, 2.45) is 11.1 Å². The Morgan fingerprint density at radius 1 is 1.42 bits per heavy atom. The average molecular weight is 379 g/mol. The van der Waals surface area contributed by atoms with Gasteiger partial charge in [0.2, 0.25) is 0 Å². The average Bonchev–Trinajstić information content (AvgIpc) is 2.97. The van der Waals surface area contributed by atoms with Gasteiger partial charge in [-0.2, -0.15) is 0 Å². The Balaban J connectivity index is 1.93. The molecule has 2 aliphatic rings. The number of amides is 1. The van der Waals surface area contributed by atoms with Crippen LogP contribution in [-0.4, -0.2) is 40.3 Å². The summed E-state index contributed by atoms with van der Waals surface area (Å²) in [5.41, 5.74) is 6.68. The third-order valence-corrected chi connectivity index (χ3v) is 6.22. The third-order valence-electron chi connectivity index (χ3n) is 5.13. The Morgan fingerprint density at radius 2 is 2.08 bits per heavy atom. The van der Waals surface area contributed by atoms with E-state index in [4.69, 9.17) is 11.1 Å². The van der Waals surface area contributed by atoms with Gasteiger partial charge in [-0.1, -0.05) is 6.92 Å². The molecule has 1 atom stereocenters. The molecule has 1 aromatic rings. The number of piperidine rings is 1.